The monoisotopic (exact) mass is 508 g/mol. The summed E-state index contributed by atoms with van der Waals surface area (Å²) in [5.41, 5.74) is -0.646. The van der Waals surface area contributed by atoms with Gasteiger partial charge in [0.2, 0.25) is 0 Å². The lowest BCUT2D eigenvalue weighted by atomic mass is 9.86. The SMILES string of the molecule is CC(C)=CCOC(=O)C(CCO)C1O[C@H](CO)[C@@H](OC2OC3(CC3O)[C@H](O)[C@H](O)[C@H]2O)[C@H](O)[C@H]1O. The van der Waals surface area contributed by atoms with E-state index in [-0.39, 0.29) is 19.4 Å². The van der Waals surface area contributed by atoms with Crippen molar-refractivity contribution < 1.29 is 64.6 Å². The first-order valence-electron chi connectivity index (χ1n) is 11.6. The smallest absolute Gasteiger partial charge is 0.312 e. The number of hydrogen-bond donors (Lipinski definition) is 8. The van der Waals surface area contributed by atoms with Crippen LogP contribution in [0, 0.1) is 5.92 Å². The highest BCUT2D eigenvalue weighted by molar-refractivity contribution is 5.73. The number of hydrogen-bond acceptors (Lipinski definition) is 13. The quantitative estimate of drug-likeness (QED) is 0.111. The van der Waals surface area contributed by atoms with Crippen LogP contribution in [0.3, 0.4) is 0 Å². The molecule has 1 saturated carbocycles. The van der Waals surface area contributed by atoms with Crippen LogP contribution >= 0.6 is 0 Å². The summed E-state index contributed by atoms with van der Waals surface area (Å²) in [6.07, 6.45) is -14.0. The third-order valence-electron chi connectivity index (χ3n) is 6.75. The van der Waals surface area contributed by atoms with Crippen LogP contribution in [-0.4, -0.2) is 133 Å². The van der Waals surface area contributed by atoms with Crippen LogP contribution in [0.5, 0.6) is 0 Å². The van der Waals surface area contributed by atoms with Gasteiger partial charge in [-0.2, -0.15) is 0 Å². The van der Waals surface area contributed by atoms with Crippen LogP contribution in [0.25, 0.3) is 0 Å². The molecule has 2 saturated heterocycles. The lowest BCUT2D eigenvalue weighted by Crippen LogP contribution is -2.66. The first-order valence-corrected chi connectivity index (χ1v) is 11.6. The topological polar surface area (TPSA) is 216 Å². The molecule has 5 unspecified atom stereocenters. The molecule has 3 fully saturated rings. The predicted octanol–water partition coefficient (Wildman–Crippen LogP) is -3.70. The van der Waals surface area contributed by atoms with Gasteiger partial charge in [-0.1, -0.05) is 5.57 Å². The van der Waals surface area contributed by atoms with Crippen molar-refractivity contribution in [2.45, 2.75) is 93.5 Å². The van der Waals surface area contributed by atoms with E-state index in [0.29, 0.717) is 0 Å². The summed E-state index contributed by atoms with van der Waals surface area (Å²) in [6, 6.07) is 0. The van der Waals surface area contributed by atoms with E-state index in [0.717, 1.165) is 5.57 Å². The number of aliphatic hydroxyl groups is 8. The summed E-state index contributed by atoms with van der Waals surface area (Å²) < 4.78 is 22.0. The third-order valence-corrected chi connectivity index (χ3v) is 6.75. The molecule has 202 valence electrons. The second-order valence-electron chi connectivity index (χ2n) is 9.52. The van der Waals surface area contributed by atoms with Crippen molar-refractivity contribution in [2.24, 2.45) is 5.92 Å². The molecule has 1 spiro atoms. The van der Waals surface area contributed by atoms with Crippen molar-refractivity contribution >= 4 is 5.97 Å². The standard InChI is InChI=1S/C22H36O13/c1-9(2)4-6-32-20(31)10(3-5-23)17-13(26)14(27)18(11(8-24)33-17)34-21-16(29)15(28)19(30)22(35-21)7-12(22)25/h4,10-19,21,23-30H,3,5-8H2,1-2H3/t10?,11-,12?,13-,14-,15-,16-,17?,18-,19-,21?,22?/m1/s1. The average Bonchev–Trinajstić information content (AvgIpc) is 3.47. The van der Waals surface area contributed by atoms with Crippen LogP contribution < -0.4 is 0 Å². The van der Waals surface area contributed by atoms with Crippen molar-refractivity contribution in [3.63, 3.8) is 0 Å². The van der Waals surface area contributed by atoms with Gasteiger partial charge in [0.15, 0.2) is 6.29 Å². The van der Waals surface area contributed by atoms with Crippen molar-refractivity contribution in [2.75, 3.05) is 19.8 Å². The number of esters is 1. The van der Waals surface area contributed by atoms with Crippen LogP contribution in [0.4, 0.5) is 0 Å². The molecule has 2 aliphatic heterocycles. The third kappa shape index (κ3) is 5.70. The average molecular weight is 509 g/mol. The lowest BCUT2D eigenvalue weighted by molar-refractivity contribution is -0.350. The van der Waals surface area contributed by atoms with E-state index in [1.807, 2.05) is 13.8 Å². The summed E-state index contributed by atoms with van der Waals surface area (Å²) in [4.78, 5) is 12.6. The largest absolute Gasteiger partial charge is 0.461 e. The number of carbonyl (C=O) groups is 1. The van der Waals surface area contributed by atoms with Crippen LogP contribution in [0.1, 0.15) is 26.7 Å². The summed E-state index contributed by atoms with van der Waals surface area (Å²) >= 11 is 0. The van der Waals surface area contributed by atoms with Crippen molar-refractivity contribution in [1.29, 1.82) is 0 Å². The molecule has 3 rings (SSSR count). The second-order valence-corrected chi connectivity index (χ2v) is 9.52. The second kappa shape index (κ2) is 11.4. The Morgan fingerprint density at radius 3 is 2.26 bits per heavy atom. The molecule has 13 heteroatoms. The van der Waals surface area contributed by atoms with E-state index in [9.17, 15) is 45.6 Å². The molecule has 2 heterocycles. The highest BCUT2D eigenvalue weighted by Crippen LogP contribution is 2.49. The zero-order chi connectivity index (χ0) is 26.1. The molecule has 35 heavy (non-hydrogen) atoms. The molecule has 12 atom stereocenters. The summed E-state index contributed by atoms with van der Waals surface area (Å²) in [5, 5.41) is 81.4. The van der Waals surface area contributed by atoms with Crippen molar-refractivity contribution in [3.8, 4) is 0 Å². The van der Waals surface area contributed by atoms with Gasteiger partial charge in [-0.05, 0) is 26.3 Å². The molecular formula is C22H36O13. The van der Waals surface area contributed by atoms with Gasteiger partial charge in [0, 0.05) is 13.0 Å². The summed E-state index contributed by atoms with van der Waals surface area (Å²) in [5.74, 6) is -1.96. The van der Waals surface area contributed by atoms with Gasteiger partial charge in [-0.25, -0.2) is 0 Å². The Hall–Kier alpha value is -1.23. The fourth-order valence-electron chi connectivity index (χ4n) is 4.51. The highest BCUT2D eigenvalue weighted by atomic mass is 16.7. The predicted molar refractivity (Wildman–Crippen MR) is 114 cm³/mol. The number of aliphatic hydroxyl groups excluding tert-OH is 8. The molecule has 0 aromatic carbocycles. The van der Waals surface area contributed by atoms with Crippen molar-refractivity contribution in [3.05, 3.63) is 11.6 Å². The Morgan fingerprint density at radius 2 is 1.71 bits per heavy atom. The maximum Gasteiger partial charge on any atom is 0.312 e. The Balaban J connectivity index is 1.74. The zero-order valence-corrected chi connectivity index (χ0v) is 19.6. The first kappa shape index (κ1) is 28.3. The fraction of sp³-hybridized carbons (Fsp3) is 0.864. The van der Waals surface area contributed by atoms with E-state index in [1.165, 1.54) is 0 Å². The Labute approximate surface area is 202 Å². The minimum Gasteiger partial charge on any atom is -0.461 e. The van der Waals surface area contributed by atoms with Gasteiger partial charge < -0.3 is 59.8 Å². The lowest BCUT2D eigenvalue weighted by Gasteiger charge is -2.47. The molecule has 0 aromatic heterocycles. The van der Waals surface area contributed by atoms with Gasteiger partial charge in [0.25, 0.3) is 0 Å². The van der Waals surface area contributed by atoms with E-state index in [1.54, 1.807) is 6.08 Å². The minimum absolute atomic E-state index is 0.0205. The molecule has 0 aromatic rings. The van der Waals surface area contributed by atoms with Gasteiger partial charge in [-0.15, -0.1) is 0 Å². The minimum atomic E-state index is -1.78. The molecule has 3 aliphatic rings. The van der Waals surface area contributed by atoms with Gasteiger partial charge >= 0.3 is 5.97 Å². The highest BCUT2D eigenvalue weighted by Gasteiger charge is 2.68. The number of rotatable bonds is 9. The zero-order valence-electron chi connectivity index (χ0n) is 19.6. The van der Waals surface area contributed by atoms with Crippen LogP contribution in [-0.2, 0) is 23.7 Å². The fourth-order valence-corrected chi connectivity index (χ4v) is 4.51. The van der Waals surface area contributed by atoms with Gasteiger partial charge in [0.05, 0.1) is 18.6 Å². The molecule has 0 bridgehead atoms. The normalized spacial score (nSPS) is 44.1. The van der Waals surface area contributed by atoms with Gasteiger partial charge in [0.1, 0.15) is 61.0 Å². The van der Waals surface area contributed by atoms with E-state index in [4.69, 9.17) is 18.9 Å². The van der Waals surface area contributed by atoms with Gasteiger partial charge in [-0.3, -0.25) is 4.79 Å². The number of carbonyl (C=O) groups excluding carboxylic acids is 1. The van der Waals surface area contributed by atoms with E-state index < -0.39 is 91.9 Å². The first-order chi connectivity index (χ1) is 16.5. The molecule has 0 radical (unpaired) electrons. The summed E-state index contributed by atoms with van der Waals surface area (Å²) in [7, 11) is 0. The summed E-state index contributed by atoms with van der Waals surface area (Å²) in [6.45, 7) is 2.41. The molecular weight excluding hydrogens is 472 g/mol. The Bertz CT molecular complexity index is 756. The van der Waals surface area contributed by atoms with Crippen LogP contribution in [0.15, 0.2) is 11.6 Å². The molecule has 8 N–H and O–H groups in total. The van der Waals surface area contributed by atoms with Crippen LogP contribution in [0.2, 0.25) is 0 Å². The molecule has 0 amide bonds. The molecule has 13 nitrogen and oxygen atoms in total. The van der Waals surface area contributed by atoms with E-state index >= 15 is 0 Å². The maximum absolute atomic E-state index is 12.6. The number of allylic oxidation sites excluding steroid dienone is 1. The number of ether oxygens (including phenoxy) is 4. The van der Waals surface area contributed by atoms with Crippen molar-refractivity contribution in [1.82, 2.24) is 0 Å². The Morgan fingerprint density at radius 1 is 1.06 bits per heavy atom. The maximum atomic E-state index is 12.6. The Kier molecular flexibility index (Phi) is 9.26. The molecule has 1 aliphatic carbocycles. The van der Waals surface area contributed by atoms with E-state index in [2.05, 4.69) is 0 Å².